The number of hydrogen-bond acceptors (Lipinski definition) is 2. The SMILES string of the molecule is CC(C)[C@@H]([NH2+][C@@H](C)C(=O)Nc1ccc(C(N)=O)cc1)c1ccc(C(C)(C)C)cc1. The second-order valence-corrected chi connectivity index (χ2v) is 9.05. The number of carbonyl (C=O) groups is 2. The van der Waals surface area contributed by atoms with Crippen LogP contribution in [0.15, 0.2) is 48.5 Å². The molecule has 29 heavy (non-hydrogen) atoms. The van der Waals surface area contributed by atoms with Crippen molar-refractivity contribution in [3.05, 3.63) is 65.2 Å². The first-order valence-electron chi connectivity index (χ1n) is 10.1. The number of primary amides is 1. The van der Waals surface area contributed by atoms with Crippen LogP contribution in [0.1, 0.15) is 69.1 Å². The Morgan fingerprint density at radius 2 is 1.48 bits per heavy atom. The van der Waals surface area contributed by atoms with Gasteiger partial charge in [-0.15, -0.1) is 0 Å². The van der Waals surface area contributed by atoms with Crippen LogP contribution >= 0.6 is 0 Å². The second-order valence-electron chi connectivity index (χ2n) is 9.05. The van der Waals surface area contributed by atoms with Crippen LogP contribution in [-0.4, -0.2) is 17.9 Å². The summed E-state index contributed by atoms with van der Waals surface area (Å²) in [4.78, 5) is 23.8. The summed E-state index contributed by atoms with van der Waals surface area (Å²) in [5.74, 6) is -0.184. The molecule has 156 valence electrons. The maximum Gasteiger partial charge on any atom is 0.282 e. The molecule has 0 aliphatic rings. The molecule has 2 amide bonds. The van der Waals surface area contributed by atoms with E-state index in [1.807, 2.05) is 6.92 Å². The molecular formula is C24H34N3O2+. The Hall–Kier alpha value is -2.66. The first-order valence-corrected chi connectivity index (χ1v) is 10.1. The minimum atomic E-state index is -0.484. The Kier molecular flexibility index (Phi) is 7.20. The van der Waals surface area contributed by atoms with Crippen LogP contribution in [0, 0.1) is 5.92 Å². The predicted molar refractivity (Wildman–Crippen MR) is 118 cm³/mol. The molecule has 2 aromatic carbocycles. The van der Waals surface area contributed by atoms with Gasteiger partial charge in [0.05, 0.1) is 0 Å². The first kappa shape index (κ1) is 22.6. The van der Waals surface area contributed by atoms with Crippen molar-refractivity contribution in [1.82, 2.24) is 0 Å². The minimum absolute atomic E-state index is 0.0752. The van der Waals surface area contributed by atoms with Gasteiger partial charge in [-0.3, -0.25) is 9.59 Å². The van der Waals surface area contributed by atoms with E-state index < -0.39 is 5.91 Å². The van der Waals surface area contributed by atoms with Crippen LogP contribution in [0.25, 0.3) is 0 Å². The Balaban J connectivity index is 2.07. The molecular weight excluding hydrogens is 362 g/mol. The van der Waals surface area contributed by atoms with Gasteiger partial charge in [0.15, 0.2) is 6.04 Å². The fourth-order valence-corrected chi connectivity index (χ4v) is 3.30. The number of amides is 2. The molecule has 0 radical (unpaired) electrons. The number of benzene rings is 2. The summed E-state index contributed by atoms with van der Waals surface area (Å²) in [6.45, 7) is 12.9. The first-order chi connectivity index (χ1) is 13.5. The molecule has 5 nitrogen and oxygen atoms in total. The van der Waals surface area contributed by atoms with Gasteiger partial charge in [0.25, 0.3) is 5.91 Å². The van der Waals surface area contributed by atoms with E-state index in [0.29, 0.717) is 17.2 Å². The summed E-state index contributed by atoms with van der Waals surface area (Å²) < 4.78 is 0. The number of carbonyl (C=O) groups excluding carboxylic acids is 2. The molecule has 0 saturated heterocycles. The fourth-order valence-electron chi connectivity index (χ4n) is 3.30. The molecule has 0 aliphatic carbocycles. The zero-order valence-electron chi connectivity index (χ0n) is 18.3. The molecule has 0 unspecified atom stereocenters. The van der Waals surface area contributed by atoms with Crippen LogP contribution in [-0.2, 0) is 10.2 Å². The summed E-state index contributed by atoms with van der Waals surface area (Å²) in [5, 5.41) is 5.03. The van der Waals surface area contributed by atoms with Gasteiger partial charge in [0.2, 0.25) is 5.91 Å². The average molecular weight is 397 g/mol. The fraction of sp³-hybridized carbons (Fsp3) is 0.417. The zero-order chi connectivity index (χ0) is 21.8. The van der Waals surface area contributed by atoms with Crippen LogP contribution in [0.5, 0.6) is 0 Å². The van der Waals surface area contributed by atoms with E-state index in [2.05, 4.69) is 69.5 Å². The largest absolute Gasteiger partial charge is 0.366 e. The third kappa shape index (κ3) is 6.16. The molecule has 0 bridgehead atoms. The quantitative estimate of drug-likeness (QED) is 0.670. The van der Waals surface area contributed by atoms with Gasteiger partial charge in [-0.2, -0.15) is 0 Å². The van der Waals surface area contributed by atoms with E-state index in [0.717, 1.165) is 0 Å². The maximum atomic E-state index is 12.7. The molecule has 5 N–H and O–H groups in total. The van der Waals surface area contributed by atoms with Crippen molar-refractivity contribution in [3.8, 4) is 0 Å². The summed E-state index contributed by atoms with van der Waals surface area (Å²) in [7, 11) is 0. The number of nitrogens with two attached hydrogens (primary N) is 2. The Morgan fingerprint density at radius 1 is 0.931 bits per heavy atom. The van der Waals surface area contributed by atoms with Crippen molar-refractivity contribution in [1.29, 1.82) is 0 Å². The van der Waals surface area contributed by atoms with Crippen molar-refractivity contribution < 1.29 is 14.9 Å². The van der Waals surface area contributed by atoms with Crippen LogP contribution in [0.3, 0.4) is 0 Å². The summed E-state index contributed by atoms with van der Waals surface area (Å²) in [5.41, 5.74) is 8.96. The van der Waals surface area contributed by atoms with E-state index >= 15 is 0 Å². The number of quaternary nitrogens is 1. The third-order valence-electron chi connectivity index (χ3n) is 5.23. The average Bonchev–Trinajstić information content (AvgIpc) is 2.65. The monoisotopic (exact) mass is 396 g/mol. The highest BCUT2D eigenvalue weighted by Gasteiger charge is 2.26. The van der Waals surface area contributed by atoms with Crippen molar-refractivity contribution in [2.75, 3.05) is 5.32 Å². The molecule has 2 rings (SSSR count). The highest BCUT2D eigenvalue weighted by atomic mass is 16.2. The lowest BCUT2D eigenvalue weighted by molar-refractivity contribution is -0.718. The van der Waals surface area contributed by atoms with Gasteiger partial charge in [0, 0.05) is 22.7 Å². The van der Waals surface area contributed by atoms with E-state index in [1.165, 1.54) is 11.1 Å². The summed E-state index contributed by atoms with van der Waals surface area (Å²) in [6.07, 6.45) is 0. The van der Waals surface area contributed by atoms with Gasteiger partial charge >= 0.3 is 0 Å². The molecule has 0 spiro atoms. The minimum Gasteiger partial charge on any atom is -0.366 e. The molecule has 2 atom stereocenters. The van der Waals surface area contributed by atoms with Crippen molar-refractivity contribution in [2.24, 2.45) is 11.7 Å². The van der Waals surface area contributed by atoms with Crippen LogP contribution in [0.2, 0.25) is 0 Å². The van der Waals surface area contributed by atoms with E-state index in [1.54, 1.807) is 24.3 Å². The Labute approximate surface area is 174 Å². The van der Waals surface area contributed by atoms with Gasteiger partial charge in [-0.1, -0.05) is 58.9 Å². The van der Waals surface area contributed by atoms with Gasteiger partial charge in [0.1, 0.15) is 6.04 Å². The molecule has 0 fully saturated rings. The standard InChI is InChI=1S/C24H33N3O2/c1-15(2)21(17-7-11-19(12-8-17)24(4,5)6)26-16(3)23(29)27-20-13-9-18(10-14-20)22(25)28/h7-16,21,26H,1-6H3,(H2,25,28)(H,27,29)/p+1/t16-,21+/m0/s1. The zero-order valence-corrected chi connectivity index (χ0v) is 18.3. The molecule has 0 aromatic heterocycles. The maximum absolute atomic E-state index is 12.7. The van der Waals surface area contributed by atoms with Crippen molar-refractivity contribution >= 4 is 17.5 Å². The summed E-state index contributed by atoms with van der Waals surface area (Å²) >= 11 is 0. The van der Waals surface area contributed by atoms with Gasteiger partial charge < -0.3 is 16.4 Å². The molecule has 0 heterocycles. The molecule has 0 saturated carbocycles. The van der Waals surface area contributed by atoms with Crippen LogP contribution < -0.4 is 16.4 Å². The highest BCUT2D eigenvalue weighted by molar-refractivity contribution is 5.95. The highest BCUT2D eigenvalue weighted by Crippen LogP contribution is 2.25. The lowest BCUT2D eigenvalue weighted by Gasteiger charge is -2.25. The van der Waals surface area contributed by atoms with Crippen molar-refractivity contribution in [2.45, 2.75) is 59.0 Å². The number of rotatable bonds is 7. The normalized spacial score (nSPS) is 13.8. The number of nitrogens with one attached hydrogen (secondary N) is 1. The second kappa shape index (κ2) is 9.23. The Morgan fingerprint density at radius 3 is 1.93 bits per heavy atom. The van der Waals surface area contributed by atoms with E-state index in [9.17, 15) is 9.59 Å². The molecule has 2 aromatic rings. The van der Waals surface area contributed by atoms with Crippen molar-refractivity contribution in [3.63, 3.8) is 0 Å². The molecule has 0 aliphatic heterocycles. The lowest BCUT2D eigenvalue weighted by atomic mass is 9.85. The lowest BCUT2D eigenvalue weighted by Crippen LogP contribution is -2.93. The molecule has 5 heteroatoms. The summed E-state index contributed by atoms with van der Waals surface area (Å²) in [6, 6.07) is 15.2. The Bertz CT molecular complexity index is 834. The van der Waals surface area contributed by atoms with Gasteiger partial charge in [-0.05, 0) is 42.2 Å². The van der Waals surface area contributed by atoms with Crippen LogP contribution in [0.4, 0.5) is 5.69 Å². The van der Waals surface area contributed by atoms with E-state index in [4.69, 9.17) is 5.73 Å². The van der Waals surface area contributed by atoms with Gasteiger partial charge in [-0.25, -0.2) is 0 Å². The predicted octanol–water partition coefficient (Wildman–Crippen LogP) is 3.37. The smallest absolute Gasteiger partial charge is 0.282 e. The number of anilines is 1. The van der Waals surface area contributed by atoms with E-state index in [-0.39, 0.29) is 23.4 Å². The third-order valence-corrected chi connectivity index (χ3v) is 5.23. The topological polar surface area (TPSA) is 88.8 Å². The number of hydrogen-bond donors (Lipinski definition) is 3.